The minimum atomic E-state index is -0.486. The van der Waals surface area contributed by atoms with Crippen molar-refractivity contribution < 1.29 is 4.79 Å². The zero-order chi connectivity index (χ0) is 14.8. The molecular formula is C17H26N2O. The van der Waals surface area contributed by atoms with Gasteiger partial charge in [-0.15, -0.1) is 0 Å². The average Bonchev–Trinajstić information content (AvgIpc) is 2.87. The summed E-state index contributed by atoms with van der Waals surface area (Å²) >= 11 is 0. The number of carbonyl (C=O) groups excluding carboxylic acids is 1. The van der Waals surface area contributed by atoms with Crippen LogP contribution in [0.1, 0.15) is 50.8 Å². The molecule has 1 unspecified atom stereocenters. The summed E-state index contributed by atoms with van der Waals surface area (Å²) in [5, 5.41) is 3.29. The molecule has 1 aliphatic heterocycles. The summed E-state index contributed by atoms with van der Waals surface area (Å²) in [5.74, 6) is 0.213. The number of nitrogens with one attached hydrogen (secondary N) is 1. The molecular weight excluding hydrogens is 248 g/mol. The van der Waals surface area contributed by atoms with Gasteiger partial charge in [-0.25, -0.2) is 0 Å². The van der Waals surface area contributed by atoms with Gasteiger partial charge in [-0.1, -0.05) is 31.2 Å². The van der Waals surface area contributed by atoms with E-state index in [-0.39, 0.29) is 11.9 Å². The molecule has 0 bridgehead atoms. The van der Waals surface area contributed by atoms with Crippen molar-refractivity contribution in [3.05, 3.63) is 35.4 Å². The quantitative estimate of drug-likeness (QED) is 0.915. The lowest BCUT2D eigenvalue weighted by molar-refractivity contribution is -0.138. The Morgan fingerprint density at radius 1 is 1.40 bits per heavy atom. The molecule has 0 spiro atoms. The number of hydrogen-bond donors (Lipinski definition) is 1. The summed E-state index contributed by atoms with van der Waals surface area (Å²) in [6, 6.07) is 8.65. The zero-order valence-corrected chi connectivity index (χ0v) is 13.1. The fraction of sp³-hybridized carbons (Fsp3) is 0.588. The van der Waals surface area contributed by atoms with Gasteiger partial charge in [0.2, 0.25) is 5.91 Å². The van der Waals surface area contributed by atoms with Crippen LogP contribution in [0.2, 0.25) is 0 Å². The van der Waals surface area contributed by atoms with Crippen molar-refractivity contribution in [3.8, 4) is 0 Å². The Morgan fingerprint density at radius 2 is 2.10 bits per heavy atom. The van der Waals surface area contributed by atoms with E-state index in [1.165, 1.54) is 11.1 Å². The van der Waals surface area contributed by atoms with Crippen LogP contribution in [0, 0.1) is 6.92 Å². The van der Waals surface area contributed by atoms with Crippen LogP contribution in [0.5, 0.6) is 0 Å². The summed E-state index contributed by atoms with van der Waals surface area (Å²) in [5.41, 5.74) is 2.09. The molecule has 0 aromatic heterocycles. The number of carbonyl (C=O) groups is 1. The van der Waals surface area contributed by atoms with E-state index in [1.54, 1.807) is 0 Å². The Hall–Kier alpha value is -1.35. The Labute approximate surface area is 122 Å². The highest BCUT2D eigenvalue weighted by Crippen LogP contribution is 2.35. The molecule has 1 aromatic rings. The number of aryl methyl sites for hydroxylation is 1. The lowest BCUT2D eigenvalue weighted by atomic mass is 9.97. The molecule has 1 aromatic carbocycles. The van der Waals surface area contributed by atoms with E-state index in [4.69, 9.17) is 0 Å². The molecule has 3 nitrogen and oxygen atoms in total. The molecule has 0 aliphatic carbocycles. The van der Waals surface area contributed by atoms with Crippen LogP contribution in [0.4, 0.5) is 0 Å². The smallest absolute Gasteiger partial charge is 0.242 e. The second kappa shape index (κ2) is 5.96. The number of amides is 1. The molecule has 1 N–H and O–H groups in total. The number of likely N-dealkylation sites (tertiary alicyclic amines) is 1. The normalized spacial score (nSPS) is 19.4. The van der Waals surface area contributed by atoms with Crippen LogP contribution in [0.15, 0.2) is 24.3 Å². The Bertz CT molecular complexity index is 482. The van der Waals surface area contributed by atoms with Crippen molar-refractivity contribution in [2.24, 2.45) is 0 Å². The lowest BCUT2D eigenvalue weighted by Gasteiger charge is -2.34. The largest absolute Gasteiger partial charge is 0.334 e. The molecule has 1 aliphatic rings. The zero-order valence-electron chi connectivity index (χ0n) is 13.1. The van der Waals surface area contributed by atoms with Crippen LogP contribution < -0.4 is 5.32 Å². The Kier molecular flexibility index (Phi) is 4.48. The molecule has 2 rings (SSSR count). The molecule has 3 heteroatoms. The van der Waals surface area contributed by atoms with Gasteiger partial charge >= 0.3 is 0 Å². The molecule has 1 saturated heterocycles. The van der Waals surface area contributed by atoms with Crippen molar-refractivity contribution >= 4 is 5.91 Å². The van der Waals surface area contributed by atoms with Crippen molar-refractivity contribution in [1.29, 1.82) is 0 Å². The molecule has 20 heavy (non-hydrogen) atoms. The van der Waals surface area contributed by atoms with Crippen LogP contribution in [-0.4, -0.2) is 29.4 Å². The molecule has 1 heterocycles. The highest BCUT2D eigenvalue weighted by molar-refractivity contribution is 5.86. The van der Waals surface area contributed by atoms with Gasteiger partial charge in [0.15, 0.2) is 0 Å². The molecule has 1 amide bonds. The van der Waals surface area contributed by atoms with Gasteiger partial charge in [0, 0.05) is 6.54 Å². The maximum absolute atomic E-state index is 12.8. The summed E-state index contributed by atoms with van der Waals surface area (Å²) in [7, 11) is 0. The predicted molar refractivity (Wildman–Crippen MR) is 82.6 cm³/mol. The summed E-state index contributed by atoms with van der Waals surface area (Å²) in [4.78, 5) is 14.9. The van der Waals surface area contributed by atoms with Gasteiger partial charge < -0.3 is 10.2 Å². The number of benzene rings is 1. The first kappa shape index (κ1) is 15.0. The summed E-state index contributed by atoms with van der Waals surface area (Å²) in [6.07, 6.45) is 2.16. The van der Waals surface area contributed by atoms with Gasteiger partial charge in [-0.3, -0.25) is 4.79 Å². The Morgan fingerprint density at radius 3 is 2.75 bits per heavy atom. The average molecular weight is 274 g/mol. The van der Waals surface area contributed by atoms with Crippen LogP contribution in [0.3, 0.4) is 0 Å². The van der Waals surface area contributed by atoms with Crippen molar-refractivity contribution in [1.82, 2.24) is 10.2 Å². The molecule has 0 saturated carbocycles. The fourth-order valence-electron chi connectivity index (χ4n) is 3.17. The number of likely N-dealkylation sites (N-methyl/N-ethyl adjacent to an activating group) is 1. The minimum absolute atomic E-state index is 0.213. The van der Waals surface area contributed by atoms with Crippen molar-refractivity contribution in [3.63, 3.8) is 0 Å². The molecule has 110 valence electrons. The van der Waals surface area contributed by atoms with Gasteiger partial charge in [-0.2, -0.15) is 0 Å². The van der Waals surface area contributed by atoms with Gasteiger partial charge in [0.25, 0.3) is 0 Å². The topological polar surface area (TPSA) is 32.3 Å². The van der Waals surface area contributed by atoms with Crippen LogP contribution in [0.25, 0.3) is 0 Å². The van der Waals surface area contributed by atoms with E-state index in [0.29, 0.717) is 0 Å². The van der Waals surface area contributed by atoms with Crippen LogP contribution >= 0.6 is 0 Å². The third-order valence-electron chi connectivity index (χ3n) is 4.21. The monoisotopic (exact) mass is 274 g/mol. The molecule has 0 radical (unpaired) electrons. The minimum Gasteiger partial charge on any atom is -0.334 e. The van der Waals surface area contributed by atoms with Gasteiger partial charge in [0.1, 0.15) is 0 Å². The Balaban J connectivity index is 2.24. The van der Waals surface area contributed by atoms with E-state index >= 15 is 0 Å². The summed E-state index contributed by atoms with van der Waals surface area (Å²) < 4.78 is 0. The number of rotatable bonds is 4. The second-order valence-corrected chi connectivity index (χ2v) is 6.17. The maximum Gasteiger partial charge on any atom is 0.242 e. The van der Waals surface area contributed by atoms with E-state index < -0.39 is 5.54 Å². The fourth-order valence-corrected chi connectivity index (χ4v) is 3.17. The van der Waals surface area contributed by atoms with Crippen molar-refractivity contribution in [2.75, 3.05) is 13.1 Å². The first-order chi connectivity index (χ1) is 9.47. The van der Waals surface area contributed by atoms with E-state index in [9.17, 15) is 4.79 Å². The standard InChI is InChI=1S/C17H26N2O/c1-5-18-17(3,4)16(20)19-12-8-11-15(19)14-10-7-6-9-13(14)2/h6-7,9-10,15,18H,5,8,11-12H2,1-4H3. The first-order valence-corrected chi connectivity index (χ1v) is 7.59. The predicted octanol–water partition coefficient (Wildman–Crippen LogP) is 3.05. The maximum atomic E-state index is 12.8. The lowest BCUT2D eigenvalue weighted by Crippen LogP contribution is -2.53. The highest BCUT2D eigenvalue weighted by Gasteiger charge is 2.38. The number of nitrogens with zero attached hydrogens (tertiary/aromatic N) is 1. The molecule has 1 atom stereocenters. The third-order valence-corrected chi connectivity index (χ3v) is 4.21. The molecule has 1 fully saturated rings. The van der Waals surface area contributed by atoms with Crippen LogP contribution in [-0.2, 0) is 4.79 Å². The summed E-state index contributed by atoms with van der Waals surface area (Å²) in [6.45, 7) is 9.80. The SMILES string of the molecule is CCNC(C)(C)C(=O)N1CCCC1c1ccccc1C. The first-order valence-electron chi connectivity index (χ1n) is 7.59. The van der Waals surface area contributed by atoms with E-state index in [2.05, 4.69) is 41.4 Å². The van der Waals surface area contributed by atoms with Crippen molar-refractivity contribution in [2.45, 2.75) is 52.1 Å². The highest BCUT2D eigenvalue weighted by atomic mass is 16.2. The number of hydrogen-bond acceptors (Lipinski definition) is 2. The van der Waals surface area contributed by atoms with E-state index in [1.807, 2.05) is 20.8 Å². The second-order valence-electron chi connectivity index (χ2n) is 6.17. The van der Waals surface area contributed by atoms with Gasteiger partial charge in [0.05, 0.1) is 11.6 Å². The van der Waals surface area contributed by atoms with E-state index in [0.717, 1.165) is 25.9 Å². The van der Waals surface area contributed by atoms with Gasteiger partial charge in [-0.05, 0) is 51.3 Å². The third kappa shape index (κ3) is 2.88.